The smallest absolute Gasteiger partial charge is 0.0746 e. The van der Waals surface area contributed by atoms with E-state index >= 15 is 0 Å². The van der Waals surface area contributed by atoms with Gasteiger partial charge in [0.1, 0.15) is 0 Å². The molecule has 0 aliphatic heterocycles. The van der Waals surface area contributed by atoms with Crippen LogP contribution in [0.15, 0.2) is 36.7 Å². The zero-order valence-electron chi connectivity index (χ0n) is 9.94. The van der Waals surface area contributed by atoms with Gasteiger partial charge in [0.25, 0.3) is 0 Å². The molecule has 0 radical (unpaired) electrons. The van der Waals surface area contributed by atoms with Crippen LogP contribution in [0, 0.1) is 6.92 Å². The van der Waals surface area contributed by atoms with E-state index in [1.807, 2.05) is 18.5 Å². The summed E-state index contributed by atoms with van der Waals surface area (Å²) in [6.45, 7) is 6.36. The van der Waals surface area contributed by atoms with E-state index < -0.39 is 0 Å². The van der Waals surface area contributed by atoms with Gasteiger partial charge in [-0.2, -0.15) is 0 Å². The molecule has 16 heavy (non-hydrogen) atoms. The summed E-state index contributed by atoms with van der Waals surface area (Å²) < 4.78 is 0. The lowest BCUT2D eigenvalue weighted by molar-refractivity contribution is 0.823. The highest BCUT2D eigenvalue weighted by molar-refractivity contribution is 5.61. The Labute approximate surface area is 96.4 Å². The molecule has 2 heteroatoms. The first-order valence-corrected chi connectivity index (χ1v) is 5.56. The highest BCUT2D eigenvalue weighted by Crippen LogP contribution is 2.21. The van der Waals surface area contributed by atoms with E-state index in [1.165, 1.54) is 5.56 Å². The van der Waals surface area contributed by atoms with Gasteiger partial charge in [0, 0.05) is 23.7 Å². The third-order valence-electron chi connectivity index (χ3n) is 2.66. The summed E-state index contributed by atoms with van der Waals surface area (Å²) in [7, 11) is 0. The van der Waals surface area contributed by atoms with E-state index in [9.17, 15) is 0 Å². The lowest BCUT2D eigenvalue weighted by atomic mass is 10.1. The maximum Gasteiger partial charge on any atom is 0.0746 e. The molecule has 0 N–H and O–H groups in total. The third-order valence-corrected chi connectivity index (χ3v) is 2.66. The Kier molecular flexibility index (Phi) is 3.00. The van der Waals surface area contributed by atoms with Gasteiger partial charge in [0.05, 0.1) is 5.69 Å². The predicted octanol–water partition coefficient (Wildman–Crippen LogP) is 3.58. The van der Waals surface area contributed by atoms with E-state index in [0.717, 1.165) is 17.0 Å². The molecule has 0 atom stereocenters. The zero-order chi connectivity index (χ0) is 11.5. The Morgan fingerprint density at radius 3 is 2.44 bits per heavy atom. The summed E-state index contributed by atoms with van der Waals surface area (Å²) in [4.78, 5) is 8.84. The van der Waals surface area contributed by atoms with Crippen molar-refractivity contribution in [1.29, 1.82) is 0 Å². The Balaban J connectivity index is 2.39. The quantitative estimate of drug-likeness (QED) is 0.760. The maximum atomic E-state index is 4.46. The monoisotopic (exact) mass is 212 g/mol. The van der Waals surface area contributed by atoms with Crippen molar-refractivity contribution in [2.75, 3.05) is 0 Å². The Hall–Kier alpha value is -1.70. The van der Waals surface area contributed by atoms with Gasteiger partial charge in [-0.05, 0) is 36.6 Å². The second-order valence-corrected chi connectivity index (χ2v) is 4.30. The van der Waals surface area contributed by atoms with E-state index in [-0.39, 0.29) is 0 Å². The molecule has 0 fully saturated rings. The molecule has 2 rings (SSSR count). The molecule has 0 bridgehead atoms. The average Bonchev–Trinajstić information content (AvgIpc) is 2.30. The summed E-state index contributed by atoms with van der Waals surface area (Å²) >= 11 is 0. The van der Waals surface area contributed by atoms with Gasteiger partial charge in [-0.25, -0.2) is 0 Å². The van der Waals surface area contributed by atoms with Crippen molar-refractivity contribution in [1.82, 2.24) is 9.97 Å². The van der Waals surface area contributed by atoms with Gasteiger partial charge in [-0.15, -0.1) is 0 Å². The van der Waals surface area contributed by atoms with E-state index in [0.29, 0.717) is 5.92 Å². The molecule has 2 aromatic heterocycles. The minimum Gasteiger partial charge on any atom is -0.260 e. The van der Waals surface area contributed by atoms with Crippen molar-refractivity contribution < 1.29 is 0 Å². The molecular weight excluding hydrogens is 196 g/mol. The molecule has 2 nitrogen and oxygen atoms in total. The number of rotatable bonds is 2. The van der Waals surface area contributed by atoms with Gasteiger partial charge >= 0.3 is 0 Å². The Morgan fingerprint density at radius 1 is 1.06 bits per heavy atom. The summed E-state index contributed by atoms with van der Waals surface area (Å²) in [6.07, 6.45) is 3.73. The lowest BCUT2D eigenvalue weighted by Crippen LogP contribution is -1.93. The molecule has 0 aliphatic carbocycles. The van der Waals surface area contributed by atoms with Crippen LogP contribution in [0.2, 0.25) is 0 Å². The largest absolute Gasteiger partial charge is 0.260 e. The van der Waals surface area contributed by atoms with Crippen molar-refractivity contribution in [3.05, 3.63) is 47.9 Å². The number of aryl methyl sites for hydroxylation is 1. The van der Waals surface area contributed by atoms with Crippen molar-refractivity contribution in [2.24, 2.45) is 0 Å². The van der Waals surface area contributed by atoms with Gasteiger partial charge in [-0.1, -0.05) is 19.9 Å². The van der Waals surface area contributed by atoms with E-state index in [2.05, 4.69) is 48.9 Å². The van der Waals surface area contributed by atoms with Crippen LogP contribution >= 0.6 is 0 Å². The second-order valence-electron chi connectivity index (χ2n) is 4.30. The summed E-state index contributed by atoms with van der Waals surface area (Å²) in [5, 5.41) is 0. The molecule has 2 aromatic rings. The van der Waals surface area contributed by atoms with Crippen LogP contribution in [0.4, 0.5) is 0 Å². The Bertz CT molecular complexity index is 472. The average molecular weight is 212 g/mol. The first-order valence-electron chi connectivity index (χ1n) is 5.56. The van der Waals surface area contributed by atoms with Gasteiger partial charge < -0.3 is 0 Å². The summed E-state index contributed by atoms with van der Waals surface area (Å²) in [5.74, 6) is 0.471. The highest BCUT2D eigenvalue weighted by atomic mass is 14.7. The summed E-state index contributed by atoms with van der Waals surface area (Å²) in [5.41, 5.74) is 4.41. The van der Waals surface area contributed by atoms with Crippen LogP contribution < -0.4 is 0 Å². The van der Waals surface area contributed by atoms with Crippen molar-refractivity contribution in [3.63, 3.8) is 0 Å². The van der Waals surface area contributed by atoms with Crippen LogP contribution in [-0.4, -0.2) is 9.97 Å². The molecule has 0 unspecified atom stereocenters. The van der Waals surface area contributed by atoms with Crippen LogP contribution in [0.3, 0.4) is 0 Å². The van der Waals surface area contributed by atoms with Crippen molar-refractivity contribution in [3.8, 4) is 11.3 Å². The maximum absolute atomic E-state index is 4.46. The number of hydrogen-bond donors (Lipinski definition) is 0. The fourth-order valence-electron chi connectivity index (χ4n) is 1.67. The molecule has 0 spiro atoms. The summed E-state index contributed by atoms with van der Waals surface area (Å²) in [6, 6.07) is 8.19. The zero-order valence-corrected chi connectivity index (χ0v) is 9.94. The molecule has 2 heterocycles. The lowest BCUT2D eigenvalue weighted by Gasteiger charge is -2.07. The highest BCUT2D eigenvalue weighted by Gasteiger charge is 2.04. The molecule has 0 aliphatic rings. The Morgan fingerprint density at radius 2 is 1.88 bits per heavy atom. The van der Waals surface area contributed by atoms with Crippen LogP contribution in [0.1, 0.15) is 31.0 Å². The molecule has 0 saturated carbocycles. The molecular formula is C14H16N2. The van der Waals surface area contributed by atoms with Crippen LogP contribution in [0.25, 0.3) is 11.3 Å². The van der Waals surface area contributed by atoms with Crippen molar-refractivity contribution in [2.45, 2.75) is 26.7 Å². The third kappa shape index (κ3) is 2.11. The van der Waals surface area contributed by atoms with E-state index in [1.54, 1.807) is 0 Å². The SMILES string of the molecule is Cc1cccnc1-c1ccc(C(C)C)nc1. The molecule has 0 saturated heterocycles. The van der Waals surface area contributed by atoms with Gasteiger partial charge in [0.2, 0.25) is 0 Å². The van der Waals surface area contributed by atoms with Crippen LogP contribution in [-0.2, 0) is 0 Å². The first kappa shape index (κ1) is 10.8. The first-order chi connectivity index (χ1) is 7.68. The fraction of sp³-hybridized carbons (Fsp3) is 0.286. The molecule has 82 valence electrons. The molecule has 0 amide bonds. The number of nitrogens with zero attached hydrogens (tertiary/aromatic N) is 2. The number of pyridine rings is 2. The topological polar surface area (TPSA) is 25.8 Å². The number of aromatic nitrogens is 2. The minimum absolute atomic E-state index is 0.471. The second kappa shape index (κ2) is 4.44. The number of hydrogen-bond acceptors (Lipinski definition) is 2. The van der Waals surface area contributed by atoms with Gasteiger partial charge in [0.15, 0.2) is 0 Å². The minimum atomic E-state index is 0.471. The fourth-order valence-corrected chi connectivity index (χ4v) is 1.67. The van der Waals surface area contributed by atoms with E-state index in [4.69, 9.17) is 0 Å². The van der Waals surface area contributed by atoms with Crippen molar-refractivity contribution >= 4 is 0 Å². The normalized spacial score (nSPS) is 10.8. The molecule has 0 aromatic carbocycles. The van der Waals surface area contributed by atoms with Gasteiger partial charge in [-0.3, -0.25) is 9.97 Å². The standard InChI is InChI=1S/C14H16N2/c1-10(2)13-7-6-12(9-16-13)14-11(3)5-4-8-15-14/h4-10H,1-3H3. The van der Waals surface area contributed by atoms with Crippen LogP contribution in [0.5, 0.6) is 0 Å². The predicted molar refractivity (Wildman–Crippen MR) is 66.3 cm³/mol.